The van der Waals surface area contributed by atoms with E-state index in [1.54, 1.807) is 0 Å². The van der Waals surface area contributed by atoms with Crippen LogP contribution in [0.3, 0.4) is 0 Å². The molecule has 0 bridgehead atoms. The molecule has 3 heteroatoms. The minimum absolute atomic E-state index is 0.283. The van der Waals surface area contributed by atoms with Gasteiger partial charge in [-0.15, -0.1) is 6.58 Å². The van der Waals surface area contributed by atoms with Crippen LogP contribution in [0, 0.1) is 0 Å². The fourth-order valence-corrected chi connectivity index (χ4v) is 0.963. The van der Waals surface area contributed by atoms with Gasteiger partial charge in [0, 0.05) is 6.08 Å². The van der Waals surface area contributed by atoms with Crippen LogP contribution < -0.4 is 0 Å². The van der Waals surface area contributed by atoms with Crippen molar-refractivity contribution in [2.45, 2.75) is 19.3 Å². The predicted molar refractivity (Wildman–Crippen MR) is 65.2 cm³/mol. The van der Waals surface area contributed by atoms with Crippen molar-refractivity contribution >= 4 is 5.97 Å². The van der Waals surface area contributed by atoms with Crippen molar-refractivity contribution in [3.05, 3.63) is 37.5 Å². The Morgan fingerprint density at radius 1 is 1.00 bits per heavy atom. The third kappa shape index (κ3) is 10.7. The molecular weight excluding hydrogens is 204 g/mol. The number of carbonyl (C=O) groups excluding carboxylic acids is 1. The summed E-state index contributed by atoms with van der Waals surface area (Å²) in [6.45, 7) is 8.30. The van der Waals surface area contributed by atoms with Crippen LogP contribution >= 0.6 is 0 Å². The number of allylic oxidation sites excluding steroid dienone is 2. The molecule has 0 aliphatic rings. The highest BCUT2D eigenvalue weighted by Crippen LogP contribution is 1.93. The quantitative estimate of drug-likeness (QED) is 0.248. The fourth-order valence-electron chi connectivity index (χ4n) is 0.963. The summed E-state index contributed by atoms with van der Waals surface area (Å²) in [6, 6.07) is 0. The Hall–Kier alpha value is -1.35. The van der Waals surface area contributed by atoms with Crippen LogP contribution in [0.1, 0.15) is 19.3 Å². The van der Waals surface area contributed by atoms with Gasteiger partial charge in [0.05, 0.1) is 13.2 Å². The Morgan fingerprint density at radius 3 is 2.44 bits per heavy atom. The minimum atomic E-state index is -0.409. The second-order valence-corrected chi connectivity index (χ2v) is 3.11. The minimum Gasteiger partial charge on any atom is -0.460 e. The second kappa shape index (κ2) is 11.7. The molecule has 0 heterocycles. The van der Waals surface area contributed by atoms with E-state index >= 15 is 0 Å². The highest BCUT2D eigenvalue weighted by atomic mass is 16.6. The largest absolute Gasteiger partial charge is 0.460 e. The first kappa shape index (κ1) is 14.6. The lowest BCUT2D eigenvalue weighted by Gasteiger charge is -2.02. The van der Waals surface area contributed by atoms with Crippen LogP contribution in [0.5, 0.6) is 0 Å². The van der Waals surface area contributed by atoms with Crippen molar-refractivity contribution in [2.24, 2.45) is 0 Å². The molecule has 0 N–H and O–H groups in total. The second-order valence-electron chi connectivity index (χ2n) is 3.11. The van der Waals surface area contributed by atoms with Crippen molar-refractivity contribution in [3.63, 3.8) is 0 Å². The Morgan fingerprint density at radius 2 is 1.75 bits per heavy atom. The summed E-state index contributed by atoms with van der Waals surface area (Å²) in [6.07, 6.45) is 10.2. The molecule has 0 aromatic rings. The maximum Gasteiger partial charge on any atom is 0.330 e. The summed E-state index contributed by atoms with van der Waals surface area (Å²) in [5.74, 6) is -0.409. The van der Waals surface area contributed by atoms with Crippen LogP contribution in [-0.2, 0) is 14.3 Å². The van der Waals surface area contributed by atoms with E-state index in [1.807, 2.05) is 6.08 Å². The number of unbranched alkanes of at least 4 members (excludes halogenated alkanes) is 1. The molecule has 0 aromatic carbocycles. The van der Waals surface area contributed by atoms with Crippen LogP contribution in [0.2, 0.25) is 0 Å². The molecule has 0 rings (SSSR count). The molecular formula is C13H20O3. The lowest BCUT2D eigenvalue weighted by molar-refractivity contribution is -0.139. The number of hydrogen-bond donors (Lipinski definition) is 0. The number of rotatable bonds is 10. The number of hydrogen-bond acceptors (Lipinski definition) is 3. The summed E-state index contributed by atoms with van der Waals surface area (Å²) in [5, 5.41) is 0. The first-order chi connectivity index (χ1) is 7.81. The Kier molecular flexibility index (Phi) is 10.7. The zero-order valence-electron chi connectivity index (χ0n) is 9.69. The molecule has 0 radical (unpaired) electrons. The molecule has 0 amide bonds. The molecule has 16 heavy (non-hydrogen) atoms. The molecule has 0 spiro atoms. The molecule has 0 aromatic heterocycles. The zero-order chi connectivity index (χ0) is 12.1. The zero-order valence-corrected chi connectivity index (χ0v) is 9.69. The van der Waals surface area contributed by atoms with Crippen LogP contribution in [0.4, 0.5) is 0 Å². The topological polar surface area (TPSA) is 35.5 Å². The van der Waals surface area contributed by atoms with Gasteiger partial charge < -0.3 is 9.47 Å². The SMILES string of the molecule is C=CCCC=CCCOCCOC(=O)C=C. The average Bonchev–Trinajstić information content (AvgIpc) is 2.31. The summed E-state index contributed by atoms with van der Waals surface area (Å²) in [5.41, 5.74) is 0. The molecule has 90 valence electrons. The first-order valence-electron chi connectivity index (χ1n) is 5.44. The van der Waals surface area contributed by atoms with Gasteiger partial charge in [0.2, 0.25) is 0 Å². The van der Waals surface area contributed by atoms with Gasteiger partial charge in [-0.25, -0.2) is 4.79 Å². The van der Waals surface area contributed by atoms with E-state index in [4.69, 9.17) is 9.47 Å². The molecule has 0 aliphatic carbocycles. The van der Waals surface area contributed by atoms with Crippen LogP contribution in [-0.4, -0.2) is 25.8 Å². The highest BCUT2D eigenvalue weighted by molar-refractivity contribution is 5.81. The van der Waals surface area contributed by atoms with Gasteiger partial charge >= 0.3 is 5.97 Å². The lowest BCUT2D eigenvalue weighted by Crippen LogP contribution is -2.08. The van der Waals surface area contributed by atoms with Crippen molar-refractivity contribution in [1.82, 2.24) is 0 Å². The summed E-state index contributed by atoms with van der Waals surface area (Å²) >= 11 is 0. The molecule has 0 unspecified atom stereocenters. The van der Waals surface area contributed by atoms with Crippen molar-refractivity contribution in [2.75, 3.05) is 19.8 Å². The van der Waals surface area contributed by atoms with E-state index < -0.39 is 5.97 Å². The van der Waals surface area contributed by atoms with Gasteiger partial charge in [0.1, 0.15) is 6.61 Å². The molecule has 0 atom stereocenters. The Bertz CT molecular complexity index is 231. The smallest absolute Gasteiger partial charge is 0.330 e. The van der Waals surface area contributed by atoms with E-state index in [2.05, 4.69) is 25.3 Å². The molecule has 3 nitrogen and oxygen atoms in total. The third-order valence-electron chi connectivity index (χ3n) is 1.77. The summed E-state index contributed by atoms with van der Waals surface area (Å²) < 4.78 is 9.99. The number of ether oxygens (including phenoxy) is 2. The van der Waals surface area contributed by atoms with E-state index in [1.165, 1.54) is 0 Å². The summed E-state index contributed by atoms with van der Waals surface area (Å²) in [4.78, 5) is 10.6. The maximum absolute atomic E-state index is 10.6. The van der Waals surface area contributed by atoms with Crippen molar-refractivity contribution in [3.8, 4) is 0 Å². The number of carbonyl (C=O) groups is 1. The third-order valence-corrected chi connectivity index (χ3v) is 1.77. The molecule has 0 saturated carbocycles. The molecule has 0 aliphatic heterocycles. The maximum atomic E-state index is 10.6. The van der Waals surface area contributed by atoms with E-state index in [0.717, 1.165) is 25.3 Å². The first-order valence-corrected chi connectivity index (χ1v) is 5.44. The van der Waals surface area contributed by atoms with Crippen molar-refractivity contribution < 1.29 is 14.3 Å². The standard InChI is InChI=1S/C13H20O3/c1-3-5-6-7-8-9-10-15-11-12-16-13(14)4-2/h3-4,7-8H,1-2,5-6,9-12H2. The number of esters is 1. The molecule has 0 saturated heterocycles. The van der Waals surface area contributed by atoms with Gasteiger partial charge in [-0.05, 0) is 19.3 Å². The van der Waals surface area contributed by atoms with Gasteiger partial charge in [-0.1, -0.05) is 24.8 Å². The van der Waals surface area contributed by atoms with E-state index in [9.17, 15) is 4.79 Å². The van der Waals surface area contributed by atoms with Crippen LogP contribution in [0.15, 0.2) is 37.5 Å². The van der Waals surface area contributed by atoms with E-state index in [0.29, 0.717) is 13.2 Å². The molecule has 0 fully saturated rings. The van der Waals surface area contributed by atoms with Crippen molar-refractivity contribution in [1.29, 1.82) is 0 Å². The van der Waals surface area contributed by atoms with Gasteiger partial charge in [-0.3, -0.25) is 0 Å². The normalized spacial score (nSPS) is 10.2. The van der Waals surface area contributed by atoms with Gasteiger partial charge in [0.15, 0.2) is 0 Å². The Labute approximate surface area is 97.4 Å². The summed E-state index contributed by atoms with van der Waals surface area (Å²) in [7, 11) is 0. The average molecular weight is 224 g/mol. The Balaban J connectivity index is 3.15. The lowest BCUT2D eigenvalue weighted by atomic mass is 10.2. The van der Waals surface area contributed by atoms with E-state index in [-0.39, 0.29) is 6.61 Å². The van der Waals surface area contributed by atoms with Crippen LogP contribution in [0.25, 0.3) is 0 Å². The highest BCUT2D eigenvalue weighted by Gasteiger charge is 1.93. The van der Waals surface area contributed by atoms with Gasteiger partial charge in [-0.2, -0.15) is 0 Å². The predicted octanol–water partition coefficient (Wildman–Crippen LogP) is 2.64. The fraction of sp³-hybridized carbons (Fsp3) is 0.462. The van der Waals surface area contributed by atoms with Gasteiger partial charge in [0.25, 0.3) is 0 Å². The monoisotopic (exact) mass is 224 g/mol.